The van der Waals surface area contributed by atoms with Crippen LogP contribution in [0.1, 0.15) is 29.2 Å². The van der Waals surface area contributed by atoms with E-state index < -0.39 is 17.6 Å². The van der Waals surface area contributed by atoms with Gasteiger partial charge in [-0.3, -0.25) is 9.59 Å². The van der Waals surface area contributed by atoms with Crippen LogP contribution in [0, 0.1) is 19.7 Å². The molecule has 0 aliphatic rings. The second-order valence-corrected chi connectivity index (χ2v) is 7.83. The van der Waals surface area contributed by atoms with Crippen molar-refractivity contribution in [2.45, 2.75) is 27.4 Å². The second kappa shape index (κ2) is 10.7. The summed E-state index contributed by atoms with van der Waals surface area (Å²) in [6.07, 6.45) is 0. The molecule has 3 rings (SSSR count). The molecule has 33 heavy (non-hydrogen) atoms. The van der Waals surface area contributed by atoms with Crippen molar-refractivity contribution in [1.82, 2.24) is 5.43 Å². The van der Waals surface area contributed by atoms with Crippen LogP contribution in [0.25, 0.3) is 0 Å². The van der Waals surface area contributed by atoms with Crippen LogP contribution in [0.5, 0.6) is 5.75 Å². The van der Waals surface area contributed by atoms with E-state index in [1.165, 1.54) is 12.1 Å². The molecule has 0 heterocycles. The fourth-order valence-electron chi connectivity index (χ4n) is 2.92. The highest BCUT2D eigenvalue weighted by molar-refractivity contribution is 6.39. The molecule has 170 valence electrons. The molecule has 3 aromatic rings. The van der Waals surface area contributed by atoms with E-state index in [4.69, 9.17) is 16.3 Å². The SMILES string of the molecule is CC(=NNC(=O)C(=O)Nc1cc(C)ccc1C)c1ccc(OCc2c(F)cccc2Cl)cc1. The van der Waals surface area contributed by atoms with E-state index in [1.807, 2.05) is 26.0 Å². The molecule has 0 unspecified atom stereocenters. The average Bonchev–Trinajstić information content (AvgIpc) is 2.79. The van der Waals surface area contributed by atoms with Gasteiger partial charge in [-0.25, -0.2) is 9.82 Å². The fraction of sp³-hybridized carbons (Fsp3) is 0.160. The molecular weight excluding hydrogens is 445 g/mol. The third-order valence-corrected chi connectivity index (χ3v) is 5.24. The van der Waals surface area contributed by atoms with Crippen LogP contribution in [0.4, 0.5) is 10.1 Å². The van der Waals surface area contributed by atoms with Gasteiger partial charge < -0.3 is 10.1 Å². The lowest BCUT2D eigenvalue weighted by atomic mass is 10.1. The number of hydrazone groups is 1. The quantitative estimate of drug-likeness (QED) is 0.299. The lowest BCUT2D eigenvalue weighted by Crippen LogP contribution is -2.33. The second-order valence-electron chi connectivity index (χ2n) is 7.42. The summed E-state index contributed by atoms with van der Waals surface area (Å²) in [7, 11) is 0. The number of amides is 2. The van der Waals surface area contributed by atoms with Gasteiger partial charge in [0.15, 0.2) is 0 Å². The highest BCUT2D eigenvalue weighted by Gasteiger charge is 2.14. The number of anilines is 1. The van der Waals surface area contributed by atoms with Crippen molar-refractivity contribution in [2.24, 2.45) is 5.10 Å². The van der Waals surface area contributed by atoms with E-state index >= 15 is 0 Å². The Morgan fingerprint density at radius 2 is 1.76 bits per heavy atom. The van der Waals surface area contributed by atoms with Crippen molar-refractivity contribution in [3.8, 4) is 5.75 Å². The third-order valence-electron chi connectivity index (χ3n) is 4.89. The van der Waals surface area contributed by atoms with Gasteiger partial charge in [-0.05, 0) is 79.9 Å². The first kappa shape index (κ1) is 23.9. The first-order valence-electron chi connectivity index (χ1n) is 10.1. The van der Waals surface area contributed by atoms with E-state index in [0.29, 0.717) is 27.7 Å². The predicted octanol–water partition coefficient (Wildman–Crippen LogP) is 5.15. The minimum Gasteiger partial charge on any atom is -0.489 e. The zero-order valence-corrected chi connectivity index (χ0v) is 19.2. The highest BCUT2D eigenvalue weighted by Crippen LogP contribution is 2.22. The van der Waals surface area contributed by atoms with Gasteiger partial charge in [0.1, 0.15) is 18.2 Å². The molecule has 0 saturated carbocycles. The zero-order chi connectivity index (χ0) is 24.0. The minimum absolute atomic E-state index is 0.0104. The monoisotopic (exact) mass is 467 g/mol. The van der Waals surface area contributed by atoms with E-state index in [0.717, 1.165) is 11.1 Å². The lowest BCUT2D eigenvalue weighted by molar-refractivity contribution is -0.136. The summed E-state index contributed by atoms with van der Waals surface area (Å²) in [6.45, 7) is 5.42. The molecule has 0 saturated heterocycles. The van der Waals surface area contributed by atoms with Crippen LogP contribution in [0.3, 0.4) is 0 Å². The van der Waals surface area contributed by atoms with Gasteiger partial charge in [-0.1, -0.05) is 29.8 Å². The van der Waals surface area contributed by atoms with Crippen molar-refractivity contribution in [1.29, 1.82) is 0 Å². The molecule has 0 aliphatic carbocycles. The molecule has 3 aromatic carbocycles. The third kappa shape index (κ3) is 6.40. The number of halogens is 2. The Bertz CT molecular complexity index is 1190. The summed E-state index contributed by atoms with van der Waals surface area (Å²) in [6, 6.07) is 16.9. The summed E-state index contributed by atoms with van der Waals surface area (Å²) in [5, 5.41) is 6.87. The molecule has 0 radical (unpaired) electrons. The van der Waals surface area contributed by atoms with E-state index in [1.54, 1.807) is 43.3 Å². The zero-order valence-electron chi connectivity index (χ0n) is 18.4. The Morgan fingerprint density at radius 1 is 1.03 bits per heavy atom. The van der Waals surface area contributed by atoms with Gasteiger partial charge in [-0.2, -0.15) is 5.10 Å². The van der Waals surface area contributed by atoms with Gasteiger partial charge in [0.25, 0.3) is 0 Å². The highest BCUT2D eigenvalue weighted by atomic mass is 35.5. The number of hydrogen-bond donors (Lipinski definition) is 2. The fourth-order valence-corrected chi connectivity index (χ4v) is 3.14. The first-order valence-corrected chi connectivity index (χ1v) is 10.5. The van der Waals surface area contributed by atoms with Crippen LogP contribution in [-0.4, -0.2) is 17.5 Å². The van der Waals surface area contributed by atoms with Crippen molar-refractivity contribution < 1.29 is 18.7 Å². The van der Waals surface area contributed by atoms with E-state index in [-0.39, 0.29) is 12.2 Å². The van der Waals surface area contributed by atoms with Crippen molar-refractivity contribution >= 4 is 34.8 Å². The number of carbonyl (C=O) groups excluding carboxylic acids is 2. The topological polar surface area (TPSA) is 79.8 Å². The summed E-state index contributed by atoms with van der Waals surface area (Å²) >= 11 is 6.01. The average molecular weight is 468 g/mol. The molecule has 0 spiro atoms. The molecule has 6 nitrogen and oxygen atoms in total. The number of nitrogens with one attached hydrogen (secondary N) is 2. The largest absolute Gasteiger partial charge is 0.489 e. The Balaban J connectivity index is 1.57. The number of carbonyl (C=O) groups is 2. The number of rotatable bonds is 6. The van der Waals surface area contributed by atoms with Gasteiger partial charge in [0.2, 0.25) is 0 Å². The van der Waals surface area contributed by atoms with Gasteiger partial charge in [0.05, 0.1) is 10.7 Å². The van der Waals surface area contributed by atoms with E-state index in [2.05, 4.69) is 15.8 Å². The molecule has 0 aromatic heterocycles. The van der Waals surface area contributed by atoms with E-state index in [9.17, 15) is 14.0 Å². The number of nitrogens with zero attached hydrogens (tertiary/aromatic N) is 1. The standard InChI is InChI=1S/C25H23ClFN3O3/c1-15-7-8-16(2)23(13-15)28-24(31)25(32)30-29-17(3)18-9-11-19(12-10-18)33-14-20-21(26)5-4-6-22(20)27/h4-13H,14H2,1-3H3,(H,28,31)(H,30,32). The van der Waals surface area contributed by atoms with Gasteiger partial charge >= 0.3 is 11.8 Å². The minimum atomic E-state index is -0.878. The summed E-state index contributed by atoms with van der Waals surface area (Å²) in [5.41, 5.74) is 6.13. The molecule has 0 aliphatic heterocycles. The Hall–Kier alpha value is -3.71. The molecule has 0 bridgehead atoms. The Morgan fingerprint density at radius 3 is 2.45 bits per heavy atom. The number of hydrogen-bond acceptors (Lipinski definition) is 4. The number of aryl methyl sites for hydroxylation is 2. The Labute approximate surface area is 196 Å². The van der Waals surface area contributed by atoms with Crippen LogP contribution < -0.4 is 15.5 Å². The normalized spacial score (nSPS) is 11.1. The molecular formula is C25H23ClFN3O3. The van der Waals surface area contributed by atoms with Crippen LogP contribution >= 0.6 is 11.6 Å². The van der Waals surface area contributed by atoms with Gasteiger partial charge in [0, 0.05) is 11.3 Å². The van der Waals surface area contributed by atoms with Crippen molar-refractivity contribution in [3.05, 3.63) is 93.8 Å². The Kier molecular flexibility index (Phi) is 7.79. The maximum Gasteiger partial charge on any atom is 0.329 e. The summed E-state index contributed by atoms with van der Waals surface area (Å²) < 4.78 is 19.5. The molecule has 2 amide bonds. The maximum absolute atomic E-state index is 13.8. The molecule has 2 N–H and O–H groups in total. The van der Waals surface area contributed by atoms with Crippen molar-refractivity contribution in [2.75, 3.05) is 5.32 Å². The first-order chi connectivity index (χ1) is 15.7. The van der Waals surface area contributed by atoms with Crippen molar-refractivity contribution in [3.63, 3.8) is 0 Å². The van der Waals surface area contributed by atoms with Crippen LogP contribution in [0.2, 0.25) is 5.02 Å². The summed E-state index contributed by atoms with van der Waals surface area (Å²) in [4.78, 5) is 24.3. The molecule has 8 heteroatoms. The maximum atomic E-state index is 13.8. The predicted molar refractivity (Wildman–Crippen MR) is 127 cm³/mol. The van der Waals surface area contributed by atoms with Crippen LogP contribution in [0.15, 0.2) is 65.8 Å². The lowest BCUT2D eigenvalue weighted by Gasteiger charge is -2.10. The smallest absolute Gasteiger partial charge is 0.329 e. The van der Waals surface area contributed by atoms with Crippen LogP contribution in [-0.2, 0) is 16.2 Å². The number of benzene rings is 3. The molecule has 0 atom stereocenters. The molecule has 0 fully saturated rings. The summed E-state index contributed by atoms with van der Waals surface area (Å²) in [5.74, 6) is -1.60. The number of ether oxygens (including phenoxy) is 1. The van der Waals surface area contributed by atoms with Gasteiger partial charge in [-0.15, -0.1) is 0 Å².